The summed E-state index contributed by atoms with van der Waals surface area (Å²) in [6.45, 7) is 12.6. The van der Waals surface area contributed by atoms with Crippen LogP contribution in [0.4, 0.5) is 0 Å². The maximum absolute atomic E-state index is 12.2. The van der Waals surface area contributed by atoms with E-state index in [2.05, 4.69) is 6.58 Å². The van der Waals surface area contributed by atoms with E-state index in [9.17, 15) is 14.4 Å². The van der Waals surface area contributed by atoms with Gasteiger partial charge in [-0.3, -0.25) is 14.4 Å². The third-order valence-corrected chi connectivity index (χ3v) is 3.37. The van der Waals surface area contributed by atoms with E-state index in [1.807, 2.05) is 13.8 Å². The fourth-order valence-corrected chi connectivity index (χ4v) is 2.03. The third kappa shape index (κ3) is 9.45. The lowest BCUT2D eigenvalue weighted by Crippen LogP contribution is -2.36. The van der Waals surface area contributed by atoms with Crippen LogP contribution in [0.1, 0.15) is 53.9 Å². The van der Waals surface area contributed by atoms with E-state index in [-0.39, 0.29) is 37.6 Å². The van der Waals surface area contributed by atoms with Crippen molar-refractivity contribution in [2.75, 3.05) is 6.61 Å². The molecule has 0 aromatic carbocycles. The van der Waals surface area contributed by atoms with Gasteiger partial charge < -0.3 is 15.2 Å². The molecule has 0 aromatic rings. The van der Waals surface area contributed by atoms with Gasteiger partial charge in [0.1, 0.15) is 18.0 Å². The Morgan fingerprint density at radius 2 is 1.79 bits per heavy atom. The molecule has 0 amide bonds. The molecule has 2 N–H and O–H groups in total. The van der Waals surface area contributed by atoms with Gasteiger partial charge in [-0.1, -0.05) is 26.5 Å². The Kier molecular flexibility index (Phi) is 9.51. The standard InChI is InChI=1S/C18H31NO5/c1-7-10-23-17(22)13(12(2)3)11-15(20)14(19)8-9-16(21)24-18(4,5)6/h7,12-14H,1,8-11,19H2,2-6H3/t13-,14-/m0/s1. The molecule has 2 atom stereocenters. The number of esters is 2. The number of hydrogen-bond donors (Lipinski definition) is 1. The maximum Gasteiger partial charge on any atom is 0.309 e. The van der Waals surface area contributed by atoms with Crippen molar-refractivity contribution in [1.29, 1.82) is 0 Å². The first-order valence-electron chi connectivity index (χ1n) is 8.25. The molecule has 0 aliphatic heterocycles. The van der Waals surface area contributed by atoms with Crippen molar-refractivity contribution in [1.82, 2.24) is 0 Å². The van der Waals surface area contributed by atoms with Gasteiger partial charge in [-0.15, -0.1) is 0 Å². The molecule has 0 aliphatic carbocycles. The monoisotopic (exact) mass is 341 g/mol. The van der Waals surface area contributed by atoms with Crippen molar-refractivity contribution < 1.29 is 23.9 Å². The van der Waals surface area contributed by atoms with Crippen LogP contribution in [0.25, 0.3) is 0 Å². The van der Waals surface area contributed by atoms with Crippen LogP contribution in [0.5, 0.6) is 0 Å². The average Bonchev–Trinajstić information content (AvgIpc) is 2.45. The summed E-state index contributed by atoms with van der Waals surface area (Å²) in [7, 11) is 0. The number of ether oxygens (including phenoxy) is 2. The summed E-state index contributed by atoms with van der Waals surface area (Å²) in [6, 6.07) is -0.800. The highest BCUT2D eigenvalue weighted by Gasteiger charge is 2.29. The number of ketones is 1. The highest BCUT2D eigenvalue weighted by atomic mass is 16.6. The van der Waals surface area contributed by atoms with Crippen molar-refractivity contribution in [3.63, 3.8) is 0 Å². The maximum atomic E-state index is 12.2. The molecule has 24 heavy (non-hydrogen) atoms. The van der Waals surface area contributed by atoms with Crippen molar-refractivity contribution >= 4 is 17.7 Å². The molecule has 0 aliphatic rings. The predicted octanol–water partition coefficient (Wildman–Crippen LogP) is 2.40. The fourth-order valence-electron chi connectivity index (χ4n) is 2.03. The summed E-state index contributed by atoms with van der Waals surface area (Å²) >= 11 is 0. The van der Waals surface area contributed by atoms with Crippen LogP contribution >= 0.6 is 0 Å². The average molecular weight is 341 g/mol. The van der Waals surface area contributed by atoms with Gasteiger partial charge in [0.15, 0.2) is 0 Å². The smallest absolute Gasteiger partial charge is 0.309 e. The van der Waals surface area contributed by atoms with Gasteiger partial charge in [0, 0.05) is 12.8 Å². The molecule has 138 valence electrons. The second-order valence-electron chi connectivity index (χ2n) is 7.17. The van der Waals surface area contributed by atoms with E-state index in [1.54, 1.807) is 20.8 Å². The number of hydrogen-bond acceptors (Lipinski definition) is 6. The van der Waals surface area contributed by atoms with Crippen LogP contribution in [-0.4, -0.2) is 36.0 Å². The molecule has 0 saturated carbocycles. The number of rotatable bonds is 10. The van der Waals surface area contributed by atoms with Gasteiger partial charge in [-0.2, -0.15) is 0 Å². The van der Waals surface area contributed by atoms with Crippen LogP contribution in [-0.2, 0) is 23.9 Å². The summed E-state index contributed by atoms with van der Waals surface area (Å²) in [5.74, 6) is -1.68. The molecule has 6 nitrogen and oxygen atoms in total. The second-order valence-corrected chi connectivity index (χ2v) is 7.17. The number of carbonyl (C=O) groups is 3. The number of nitrogens with two attached hydrogens (primary N) is 1. The Labute approximate surface area is 144 Å². The Balaban J connectivity index is 4.51. The first-order valence-corrected chi connectivity index (χ1v) is 8.25. The molecule has 6 heteroatoms. The van der Waals surface area contributed by atoms with Crippen LogP contribution in [0.3, 0.4) is 0 Å². The third-order valence-electron chi connectivity index (χ3n) is 3.37. The highest BCUT2D eigenvalue weighted by Crippen LogP contribution is 2.19. The number of Topliss-reactive ketones (excluding diaryl/α,β-unsaturated/α-hetero) is 1. The summed E-state index contributed by atoms with van der Waals surface area (Å²) in [4.78, 5) is 35.9. The van der Waals surface area contributed by atoms with Gasteiger partial charge in [-0.05, 0) is 33.1 Å². The van der Waals surface area contributed by atoms with Crippen LogP contribution in [0.15, 0.2) is 12.7 Å². The van der Waals surface area contributed by atoms with Crippen LogP contribution in [0, 0.1) is 11.8 Å². The molecule has 0 radical (unpaired) electrons. The molecule has 0 spiro atoms. The molecule has 0 saturated heterocycles. The topological polar surface area (TPSA) is 95.7 Å². The first-order chi connectivity index (χ1) is 11.0. The van der Waals surface area contributed by atoms with E-state index >= 15 is 0 Å². The quantitative estimate of drug-likeness (QED) is 0.484. The Bertz CT molecular complexity index is 451. The van der Waals surface area contributed by atoms with Crippen LogP contribution < -0.4 is 5.73 Å². The van der Waals surface area contributed by atoms with Gasteiger partial charge >= 0.3 is 11.9 Å². The van der Waals surface area contributed by atoms with Gasteiger partial charge in [0.05, 0.1) is 12.0 Å². The van der Waals surface area contributed by atoms with E-state index in [0.29, 0.717) is 0 Å². The van der Waals surface area contributed by atoms with E-state index in [1.165, 1.54) is 6.08 Å². The summed E-state index contributed by atoms with van der Waals surface area (Å²) in [5.41, 5.74) is 5.29. The minimum atomic E-state index is -0.800. The van der Waals surface area contributed by atoms with Crippen molar-refractivity contribution in [2.24, 2.45) is 17.6 Å². The van der Waals surface area contributed by atoms with Crippen LogP contribution in [0.2, 0.25) is 0 Å². The Hall–Kier alpha value is -1.69. The fraction of sp³-hybridized carbons (Fsp3) is 0.722. The van der Waals surface area contributed by atoms with Crippen molar-refractivity contribution in [2.45, 2.75) is 65.5 Å². The zero-order valence-corrected chi connectivity index (χ0v) is 15.5. The second kappa shape index (κ2) is 10.2. The minimum absolute atomic E-state index is 0.00310. The van der Waals surface area contributed by atoms with E-state index < -0.39 is 29.5 Å². The van der Waals surface area contributed by atoms with Gasteiger partial charge in [0.2, 0.25) is 0 Å². The van der Waals surface area contributed by atoms with Crippen molar-refractivity contribution in [3.05, 3.63) is 12.7 Å². The van der Waals surface area contributed by atoms with Crippen molar-refractivity contribution in [3.8, 4) is 0 Å². The summed E-state index contributed by atoms with van der Waals surface area (Å²) < 4.78 is 10.2. The molecular formula is C18H31NO5. The Morgan fingerprint density at radius 3 is 2.25 bits per heavy atom. The Morgan fingerprint density at radius 1 is 1.21 bits per heavy atom. The zero-order chi connectivity index (χ0) is 18.9. The molecule has 0 unspecified atom stereocenters. The molecule has 0 bridgehead atoms. The largest absolute Gasteiger partial charge is 0.461 e. The first kappa shape index (κ1) is 22.3. The minimum Gasteiger partial charge on any atom is -0.461 e. The lowest BCUT2D eigenvalue weighted by Gasteiger charge is -2.21. The molecule has 0 aromatic heterocycles. The number of carbonyl (C=O) groups excluding carboxylic acids is 3. The van der Waals surface area contributed by atoms with Gasteiger partial charge in [-0.25, -0.2) is 0 Å². The van der Waals surface area contributed by atoms with E-state index in [4.69, 9.17) is 15.2 Å². The molecule has 0 fully saturated rings. The van der Waals surface area contributed by atoms with E-state index in [0.717, 1.165) is 0 Å². The summed E-state index contributed by atoms with van der Waals surface area (Å²) in [5, 5.41) is 0. The molecule has 0 heterocycles. The predicted molar refractivity (Wildman–Crippen MR) is 92.2 cm³/mol. The highest BCUT2D eigenvalue weighted by molar-refractivity contribution is 5.88. The lowest BCUT2D eigenvalue weighted by atomic mass is 9.88. The lowest BCUT2D eigenvalue weighted by molar-refractivity contribution is -0.155. The normalized spacial score (nSPS) is 14.0. The zero-order valence-electron chi connectivity index (χ0n) is 15.5. The van der Waals surface area contributed by atoms with Gasteiger partial charge in [0.25, 0.3) is 0 Å². The molecule has 0 rings (SSSR count). The SMILES string of the molecule is C=CCOC(=O)[C@@H](CC(=O)[C@@H](N)CCC(=O)OC(C)(C)C)C(C)C. The summed E-state index contributed by atoms with van der Waals surface area (Å²) in [6.07, 6.45) is 1.74. The molecular weight excluding hydrogens is 310 g/mol.